The van der Waals surface area contributed by atoms with E-state index in [1.807, 2.05) is 30.5 Å². The molecule has 1 aromatic heterocycles. The van der Waals surface area contributed by atoms with E-state index in [4.69, 9.17) is 4.74 Å². The zero-order chi connectivity index (χ0) is 12.5. The van der Waals surface area contributed by atoms with Gasteiger partial charge in [0, 0.05) is 13.1 Å². The minimum atomic E-state index is 0.238. The number of benzene rings is 1. The number of hydrogen-bond donors (Lipinski definition) is 0. The third-order valence-corrected chi connectivity index (χ3v) is 3.18. The van der Waals surface area contributed by atoms with Gasteiger partial charge in [-0.05, 0) is 26.0 Å². The van der Waals surface area contributed by atoms with Gasteiger partial charge in [-0.2, -0.15) is 0 Å². The van der Waals surface area contributed by atoms with Gasteiger partial charge in [-0.1, -0.05) is 12.1 Å². The molecule has 0 bridgehead atoms. The Kier molecular flexibility index (Phi) is 2.88. The van der Waals surface area contributed by atoms with Crippen molar-refractivity contribution in [1.29, 1.82) is 0 Å². The van der Waals surface area contributed by atoms with Gasteiger partial charge < -0.3 is 9.64 Å². The van der Waals surface area contributed by atoms with Crippen LogP contribution >= 0.6 is 0 Å². The standard InChI is InChI=1S/C14H17N3O/c1-10-8-17(9-11(2)18-10)14-7-15-12-5-3-4-6-13(12)16-14/h3-7,10-11H,8-9H2,1-2H3. The van der Waals surface area contributed by atoms with Crippen molar-refractivity contribution in [2.45, 2.75) is 26.1 Å². The molecule has 4 nitrogen and oxygen atoms in total. The zero-order valence-corrected chi connectivity index (χ0v) is 10.7. The Morgan fingerprint density at radius 2 is 1.78 bits per heavy atom. The molecule has 1 aromatic carbocycles. The molecule has 2 heterocycles. The van der Waals surface area contributed by atoms with Crippen LogP contribution in [0.25, 0.3) is 11.0 Å². The molecule has 1 fully saturated rings. The second kappa shape index (κ2) is 4.53. The minimum absolute atomic E-state index is 0.238. The number of rotatable bonds is 1. The Bertz CT molecular complexity index is 547. The molecule has 0 spiro atoms. The van der Waals surface area contributed by atoms with Gasteiger partial charge in [0.2, 0.25) is 0 Å². The molecule has 0 saturated carbocycles. The van der Waals surface area contributed by atoms with Crippen LogP contribution in [0.1, 0.15) is 13.8 Å². The number of para-hydroxylation sites is 2. The van der Waals surface area contributed by atoms with Crippen LogP contribution in [-0.4, -0.2) is 35.3 Å². The third kappa shape index (κ3) is 2.16. The molecule has 18 heavy (non-hydrogen) atoms. The molecular weight excluding hydrogens is 226 g/mol. The van der Waals surface area contributed by atoms with E-state index in [1.54, 1.807) is 0 Å². The first-order valence-corrected chi connectivity index (χ1v) is 6.34. The number of nitrogens with zero attached hydrogens (tertiary/aromatic N) is 3. The van der Waals surface area contributed by atoms with Crippen molar-refractivity contribution < 1.29 is 4.74 Å². The Labute approximate surface area is 107 Å². The molecule has 2 unspecified atom stereocenters. The first-order valence-electron chi connectivity index (χ1n) is 6.34. The Morgan fingerprint density at radius 1 is 1.11 bits per heavy atom. The van der Waals surface area contributed by atoms with Crippen molar-refractivity contribution in [2.75, 3.05) is 18.0 Å². The highest BCUT2D eigenvalue weighted by Gasteiger charge is 2.23. The summed E-state index contributed by atoms with van der Waals surface area (Å²) in [6.45, 7) is 5.93. The fraction of sp³-hybridized carbons (Fsp3) is 0.429. The predicted molar refractivity (Wildman–Crippen MR) is 71.8 cm³/mol. The van der Waals surface area contributed by atoms with Gasteiger partial charge in [0.15, 0.2) is 0 Å². The Hall–Kier alpha value is -1.68. The van der Waals surface area contributed by atoms with Gasteiger partial charge in [-0.15, -0.1) is 0 Å². The van der Waals surface area contributed by atoms with E-state index >= 15 is 0 Å². The number of morpholine rings is 1. The molecule has 0 amide bonds. The number of hydrogen-bond acceptors (Lipinski definition) is 4. The molecule has 2 aromatic rings. The van der Waals surface area contributed by atoms with Crippen LogP contribution in [0.4, 0.5) is 5.82 Å². The highest BCUT2D eigenvalue weighted by molar-refractivity contribution is 5.75. The van der Waals surface area contributed by atoms with Gasteiger partial charge >= 0.3 is 0 Å². The van der Waals surface area contributed by atoms with E-state index in [0.717, 1.165) is 29.9 Å². The summed E-state index contributed by atoms with van der Waals surface area (Å²) < 4.78 is 5.74. The summed E-state index contributed by atoms with van der Waals surface area (Å²) in [5.41, 5.74) is 1.89. The highest BCUT2D eigenvalue weighted by Crippen LogP contribution is 2.19. The number of anilines is 1. The Balaban J connectivity index is 1.93. The first kappa shape index (κ1) is 11.4. The molecule has 3 rings (SSSR count). The lowest BCUT2D eigenvalue weighted by molar-refractivity contribution is -0.00545. The topological polar surface area (TPSA) is 38.2 Å². The van der Waals surface area contributed by atoms with Crippen LogP contribution in [0.5, 0.6) is 0 Å². The van der Waals surface area contributed by atoms with Crippen molar-refractivity contribution >= 4 is 16.9 Å². The highest BCUT2D eigenvalue weighted by atomic mass is 16.5. The second-order valence-corrected chi connectivity index (χ2v) is 4.88. The monoisotopic (exact) mass is 243 g/mol. The van der Waals surface area contributed by atoms with E-state index < -0.39 is 0 Å². The van der Waals surface area contributed by atoms with Crippen LogP contribution in [-0.2, 0) is 4.74 Å². The molecular formula is C14H17N3O. The van der Waals surface area contributed by atoms with Crippen LogP contribution < -0.4 is 4.90 Å². The normalized spacial score (nSPS) is 24.4. The van der Waals surface area contributed by atoms with Crippen LogP contribution in [0, 0.1) is 0 Å². The minimum Gasteiger partial charge on any atom is -0.372 e. The van der Waals surface area contributed by atoms with Gasteiger partial charge in [0.1, 0.15) is 5.82 Å². The average molecular weight is 243 g/mol. The van der Waals surface area contributed by atoms with E-state index in [9.17, 15) is 0 Å². The third-order valence-electron chi connectivity index (χ3n) is 3.18. The van der Waals surface area contributed by atoms with Crippen LogP contribution in [0.2, 0.25) is 0 Å². The average Bonchev–Trinajstić information content (AvgIpc) is 2.37. The van der Waals surface area contributed by atoms with Crippen LogP contribution in [0.3, 0.4) is 0 Å². The maximum absolute atomic E-state index is 5.74. The SMILES string of the molecule is CC1CN(c2cnc3ccccc3n2)CC(C)O1. The molecule has 0 N–H and O–H groups in total. The first-order chi connectivity index (χ1) is 8.72. The van der Waals surface area contributed by atoms with E-state index in [-0.39, 0.29) is 12.2 Å². The summed E-state index contributed by atoms with van der Waals surface area (Å²) in [4.78, 5) is 11.4. The summed E-state index contributed by atoms with van der Waals surface area (Å²) in [5.74, 6) is 0.940. The molecule has 2 atom stereocenters. The number of fused-ring (bicyclic) bond motifs is 1. The lowest BCUT2D eigenvalue weighted by atomic mass is 10.2. The molecule has 1 saturated heterocycles. The fourth-order valence-corrected chi connectivity index (χ4v) is 2.46. The number of aromatic nitrogens is 2. The summed E-state index contributed by atoms with van der Waals surface area (Å²) >= 11 is 0. The molecule has 0 radical (unpaired) electrons. The maximum Gasteiger partial charge on any atom is 0.148 e. The van der Waals surface area contributed by atoms with Gasteiger partial charge in [0.05, 0.1) is 29.4 Å². The number of ether oxygens (including phenoxy) is 1. The molecule has 94 valence electrons. The molecule has 4 heteroatoms. The molecule has 0 aliphatic carbocycles. The zero-order valence-electron chi connectivity index (χ0n) is 10.7. The van der Waals surface area contributed by atoms with E-state index in [2.05, 4.69) is 28.7 Å². The quantitative estimate of drug-likeness (QED) is 0.770. The summed E-state index contributed by atoms with van der Waals surface area (Å²) in [6, 6.07) is 7.96. The van der Waals surface area contributed by atoms with Crippen LogP contribution in [0.15, 0.2) is 30.5 Å². The molecule has 1 aliphatic rings. The van der Waals surface area contributed by atoms with Crippen molar-refractivity contribution in [1.82, 2.24) is 9.97 Å². The second-order valence-electron chi connectivity index (χ2n) is 4.88. The maximum atomic E-state index is 5.74. The predicted octanol–water partition coefficient (Wildman–Crippen LogP) is 2.24. The van der Waals surface area contributed by atoms with Crippen molar-refractivity contribution in [3.8, 4) is 0 Å². The van der Waals surface area contributed by atoms with E-state index in [0.29, 0.717) is 0 Å². The smallest absolute Gasteiger partial charge is 0.148 e. The molecule has 1 aliphatic heterocycles. The van der Waals surface area contributed by atoms with Crippen molar-refractivity contribution in [2.24, 2.45) is 0 Å². The van der Waals surface area contributed by atoms with Gasteiger partial charge in [-0.25, -0.2) is 4.98 Å². The fourth-order valence-electron chi connectivity index (χ4n) is 2.46. The lowest BCUT2D eigenvalue weighted by Gasteiger charge is -2.35. The van der Waals surface area contributed by atoms with Gasteiger partial charge in [-0.3, -0.25) is 4.98 Å². The summed E-state index contributed by atoms with van der Waals surface area (Å²) in [6.07, 6.45) is 2.33. The largest absolute Gasteiger partial charge is 0.372 e. The van der Waals surface area contributed by atoms with E-state index in [1.165, 1.54) is 0 Å². The van der Waals surface area contributed by atoms with Crippen molar-refractivity contribution in [3.05, 3.63) is 30.5 Å². The van der Waals surface area contributed by atoms with Gasteiger partial charge in [0.25, 0.3) is 0 Å². The van der Waals surface area contributed by atoms with Crippen molar-refractivity contribution in [3.63, 3.8) is 0 Å². The summed E-state index contributed by atoms with van der Waals surface area (Å²) in [5, 5.41) is 0. The lowest BCUT2D eigenvalue weighted by Crippen LogP contribution is -2.45. The summed E-state index contributed by atoms with van der Waals surface area (Å²) in [7, 11) is 0. The Morgan fingerprint density at radius 3 is 2.50 bits per heavy atom.